The first-order chi connectivity index (χ1) is 32.4. The summed E-state index contributed by atoms with van der Waals surface area (Å²) in [6, 6.07) is 18.1. The van der Waals surface area contributed by atoms with E-state index in [1.165, 1.54) is 11.9 Å². The molecule has 2 heterocycles. The van der Waals surface area contributed by atoms with E-state index in [1.807, 2.05) is 36.4 Å². The zero-order valence-corrected chi connectivity index (χ0v) is 40.4. The van der Waals surface area contributed by atoms with Crippen LogP contribution in [0.4, 0.5) is 0 Å². The topological polar surface area (TPSA) is 256 Å². The number of ketones is 3. The van der Waals surface area contributed by atoms with Crippen LogP contribution in [0.3, 0.4) is 0 Å². The zero-order chi connectivity index (χ0) is 49.7. The van der Waals surface area contributed by atoms with Crippen molar-refractivity contribution in [3.63, 3.8) is 0 Å². The van der Waals surface area contributed by atoms with Crippen molar-refractivity contribution in [1.82, 2.24) is 20.2 Å². The molecule has 4 atom stereocenters. The summed E-state index contributed by atoms with van der Waals surface area (Å²) in [4.78, 5) is 82.3. The monoisotopic (exact) mass is 931 g/mol. The molecule has 0 unspecified atom stereocenters. The Kier molecular flexibility index (Phi) is 18.6. The highest BCUT2D eigenvalue weighted by Gasteiger charge is 2.37. The summed E-state index contributed by atoms with van der Waals surface area (Å²) in [6.07, 6.45) is -0.658. The van der Waals surface area contributed by atoms with E-state index >= 15 is 0 Å². The molecule has 5 rings (SSSR count). The molecule has 1 aliphatic rings. The number of nitrogens with one attached hydrogen (secondary N) is 1. The predicted octanol–water partition coefficient (Wildman–Crippen LogP) is 5.27. The summed E-state index contributed by atoms with van der Waals surface area (Å²) in [5.41, 5.74) is 22.7. The smallest absolute Gasteiger partial charge is 0.229 e. The van der Waals surface area contributed by atoms with E-state index in [4.69, 9.17) is 41.4 Å². The van der Waals surface area contributed by atoms with Crippen LogP contribution < -0.4 is 32.0 Å². The van der Waals surface area contributed by atoms with Gasteiger partial charge in [0.05, 0.1) is 48.2 Å². The number of Topliss-reactive ketones (excluding diaryl/α,β-unsaturated/α-hetero) is 3. The van der Waals surface area contributed by atoms with Crippen LogP contribution in [0, 0.1) is 37.0 Å². The number of fused-ring (bicyclic) bond motifs is 5. The second-order valence-electron chi connectivity index (χ2n) is 18.3. The summed E-state index contributed by atoms with van der Waals surface area (Å²) < 4.78 is 18.1. The lowest BCUT2D eigenvalue weighted by molar-refractivity contribution is -0.144. The predicted molar refractivity (Wildman–Crippen MR) is 259 cm³/mol. The van der Waals surface area contributed by atoms with E-state index in [1.54, 1.807) is 51.1 Å². The number of nitrogens with zero attached hydrogens (tertiary/aromatic N) is 4. The van der Waals surface area contributed by atoms with Gasteiger partial charge in [0, 0.05) is 75.0 Å². The molecule has 0 radical (unpaired) electrons. The summed E-state index contributed by atoms with van der Waals surface area (Å²) >= 11 is 0. The number of nitriles is 1. The molecule has 3 aromatic carbocycles. The molecule has 0 saturated carbocycles. The SMILES string of the molecule is Cc1nc(-c2ccc(C(C)(C)C)cc2)nc(C)c1C(=O)C[C@@H](COCCN)C(=O)N(C)[C@@H]1C(=O)C[C@@H](C)C(=O)N[C@H](C(=O)CCC#N)Cc2ccc(OCCN)c(c2)-c2cc1ccc2OCCN. The first-order valence-electron chi connectivity index (χ1n) is 23.1. The van der Waals surface area contributed by atoms with Gasteiger partial charge in [0.15, 0.2) is 23.2 Å². The van der Waals surface area contributed by atoms with Crippen LogP contribution in [0.5, 0.6) is 11.5 Å². The third-order valence-corrected chi connectivity index (χ3v) is 11.9. The van der Waals surface area contributed by atoms with Crippen molar-refractivity contribution in [3.05, 3.63) is 94.3 Å². The van der Waals surface area contributed by atoms with Gasteiger partial charge in [-0.15, -0.1) is 0 Å². The number of aromatic nitrogens is 2. The van der Waals surface area contributed by atoms with E-state index in [0.29, 0.717) is 51.0 Å². The average molecular weight is 931 g/mol. The first-order valence-corrected chi connectivity index (χ1v) is 23.1. The fourth-order valence-corrected chi connectivity index (χ4v) is 8.35. The molecule has 2 amide bonds. The quantitative estimate of drug-likeness (QED) is 0.0690. The molecule has 0 aliphatic carbocycles. The summed E-state index contributed by atoms with van der Waals surface area (Å²) in [5.74, 6) is -3.04. The number of hydrogen-bond acceptors (Lipinski definition) is 14. The van der Waals surface area contributed by atoms with Crippen LogP contribution in [-0.4, -0.2) is 103 Å². The summed E-state index contributed by atoms with van der Waals surface area (Å²) in [7, 11) is 1.48. The number of likely N-dealkylation sites (N-methyl/N-ethyl adjacent to an activating group) is 1. The van der Waals surface area contributed by atoms with Gasteiger partial charge in [-0.25, -0.2) is 9.97 Å². The molecule has 362 valence electrons. The minimum atomic E-state index is -1.28. The van der Waals surface area contributed by atoms with Gasteiger partial charge in [0.1, 0.15) is 30.8 Å². The second kappa shape index (κ2) is 24.1. The molecular weight excluding hydrogens is 865 g/mol. The van der Waals surface area contributed by atoms with Gasteiger partial charge in [0.25, 0.3) is 0 Å². The Morgan fingerprint density at radius 1 is 0.868 bits per heavy atom. The Bertz CT molecular complexity index is 2470. The molecule has 16 heteroatoms. The molecule has 16 nitrogen and oxygen atoms in total. The van der Waals surface area contributed by atoms with Crippen molar-refractivity contribution >= 4 is 29.2 Å². The Balaban J connectivity index is 1.59. The largest absolute Gasteiger partial charge is 0.492 e. The van der Waals surface area contributed by atoms with Gasteiger partial charge >= 0.3 is 0 Å². The highest BCUT2D eigenvalue weighted by atomic mass is 16.5. The molecule has 0 fully saturated rings. The number of carbonyl (C=O) groups excluding carboxylic acids is 5. The van der Waals surface area contributed by atoms with Crippen molar-refractivity contribution in [2.75, 3.05) is 53.1 Å². The third kappa shape index (κ3) is 13.2. The fraction of sp³-hybridized carbons (Fsp3) is 0.462. The first kappa shape index (κ1) is 52.6. The number of nitrogens with two attached hydrogens (primary N) is 3. The van der Waals surface area contributed by atoms with Crippen LogP contribution in [-0.2, 0) is 35.8 Å². The van der Waals surface area contributed by atoms with Crippen molar-refractivity contribution in [2.45, 2.75) is 91.1 Å². The molecule has 0 saturated heterocycles. The van der Waals surface area contributed by atoms with E-state index < -0.39 is 41.5 Å². The van der Waals surface area contributed by atoms with Gasteiger partial charge < -0.3 is 41.6 Å². The Morgan fingerprint density at radius 3 is 2.06 bits per heavy atom. The average Bonchev–Trinajstić information content (AvgIpc) is 3.30. The van der Waals surface area contributed by atoms with Crippen LogP contribution >= 0.6 is 0 Å². The number of rotatable bonds is 19. The zero-order valence-electron chi connectivity index (χ0n) is 40.4. The Labute approximate surface area is 399 Å². The number of benzene rings is 3. The molecule has 1 aliphatic heterocycles. The molecule has 4 aromatic rings. The standard InChI is InChI=1S/C52H66N8O8/c1-31-25-44(63)48(60(7)51(65)37(30-66-22-19-54)29-43(62)47-32(2)57-49(58-33(47)3)35-11-14-38(15-12-35)52(4,5)6)36-13-17-46(68-24-21-56)40(28-36)39-26-34(10-16-45(39)67-23-20-55)27-41(59-50(31)64)42(61)9-8-18-53/h10-17,26,28,31,37,41,48H,8-9,19-25,27,29-30,54-56H2,1-7H3,(H,59,64)/t31-,37+,41+,48+/m1/s1. The number of aryl methyl sites for hydroxylation is 2. The number of ether oxygens (including phenoxy) is 3. The maximum absolute atomic E-state index is 15.0. The van der Waals surface area contributed by atoms with E-state index in [-0.39, 0.29) is 101 Å². The maximum atomic E-state index is 15.0. The van der Waals surface area contributed by atoms with E-state index in [0.717, 1.165) is 11.1 Å². The van der Waals surface area contributed by atoms with Crippen LogP contribution in [0.2, 0.25) is 0 Å². The lowest BCUT2D eigenvalue weighted by Gasteiger charge is -2.32. The van der Waals surface area contributed by atoms with E-state index in [2.05, 4.69) is 26.1 Å². The Hall–Kier alpha value is -6.38. The van der Waals surface area contributed by atoms with Crippen molar-refractivity contribution in [3.8, 4) is 40.1 Å². The second-order valence-corrected chi connectivity index (χ2v) is 18.3. The molecule has 4 bridgehead atoms. The van der Waals surface area contributed by atoms with Crippen molar-refractivity contribution < 1.29 is 38.2 Å². The van der Waals surface area contributed by atoms with Gasteiger partial charge in [-0.2, -0.15) is 5.26 Å². The van der Waals surface area contributed by atoms with Crippen LogP contribution in [0.25, 0.3) is 22.5 Å². The van der Waals surface area contributed by atoms with Gasteiger partial charge in [0.2, 0.25) is 11.8 Å². The van der Waals surface area contributed by atoms with Crippen molar-refractivity contribution in [1.29, 1.82) is 5.26 Å². The normalized spacial score (nSPS) is 16.8. The van der Waals surface area contributed by atoms with Gasteiger partial charge in [-0.1, -0.05) is 64.1 Å². The van der Waals surface area contributed by atoms with Crippen LogP contribution in [0.1, 0.15) is 97.9 Å². The van der Waals surface area contributed by atoms with Crippen molar-refractivity contribution in [2.24, 2.45) is 29.0 Å². The molecule has 1 aromatic heterocycles. The summed E-state index contributed by atoms with van der Waals surface area (Å²) in [6.45, 7) is 12.3. The number of hydrogen-bond donors (Lipinski definition) is 4. The molecule has 7 N–H and O–H groups in total. The van der Waals surface area contributed by atoms with Crippen LogP contribution in [0.15, 0.2) is 60.7 Å². The number of carbonyl (C=O) groups is 5. The lowest BCUT2D eigenvalue weighted by atomic mass is 9.86. The maximum Gasteiger partial charge on any atom is 0.229 e. The fourth-order valence-electron chi connectivity index (χ4n) is 8.35. The minimum absolute atomic E-state index is 0.0386. The molecule has 68 heavy (non-hydrogen) atoms. The Morgan fingerprint density at radius 2 is 1.47 bits per heavy atom. The van der Waals surface area contributed by atoms with Gasteiger partial charge in [-0.3, -0.25) is 24.0 Å². The summed E-state index contributed by atoms with van der Waals surface area (Å²) in [5, 5.41) is 12.1. The third-order valence-electron chi connectivity index (χ3n) is 11.9. The van der Waals surface area contributed by atoms with E-state index in [9.17, 15) is 29.2 Å². The lowest BCUT2D eigenvalue weighted by Crippen LogP contribution is -2.46. The highest BCUT2D eigenvalue weighted by Crippen LogP contribution is 2.41. The van der Waals surface area contributed by atoms with Gasteiger partial charge in [-0.05, 0) is 66.6 Å². The minimum Gasteiger partial charge on any atom is -0.492 e. The molecular formula is C52H66N8O8. The molecule has 0 spiro atoms. The highest BCUT2D eigenvalue weighted by molar-refractivity contribution is 6.01. The number of amides is 2.